The van der Waals surface area contributed by atoms with Crippen LogP contribution in [0.1, 0.15) is 6.92 Å². The molecule has 5 nitrogen and oxygen atoms in total. The molecule has 5 heteroatoms. The van der Waals surface area contributed by atoms with Crippen LogP contribution in [0.4, 0.5) is 0 Å². The lowest BCUT2D eigenvalue weighted by atomic mass is 10.1. The Morgan fingerprint density at radius 1 is 1.38 bits per heavy atom. The van der Waals surface area contributed by atoms with Crippen molar-refractivity contribution in [1.82, 2.24) is 4.90 Å². The predicted octanol–water partition coefficient (Wildman–Crippen LogP) is -1.61. The van der Waals surface area contributed by atoms with E-state index in [9.17, 15) is 4.79 Å². The summed E-state index contributed by atoms with van der Waals surface area (Å²) >= 11 is 0. The van der Waals surface area contributed by atoms with E-state index in [0.717, 1.165) is 0 Å². The molecule has 0 radical (unpaired) electrons. The van der Waals surface area contributed by atoms with Gasteiger partial charge in [-0.2, -0.15) is 0 Å². The normalized spacial score (nSPS) is 13.2. The highest BCUT2D eigenvalue weighted by Gasteiger charge is 2.13. The Morgan fingerprint density at radius 2 is 1.85 bits per heavy atom. The molecule has 0 spiro atoms. The molecule has 0 aromatic carbocycles. The average molecular weight is 190 g/mol. The molecule has 0 saturated carbocycles. The fourth-order valence-corrected chi connectivity index (χ4v) is 1.05. The standard InChI is InChI=1S/C8H18N2O3/c1-7(8(9)13)6-10(2-4-11)3-5-12/h7,11-12H,2-6H2,1H3,(H2,9,13). The molecule has 0 aliphatic carbocycles. The molecule has 1 unspecified atom stereocenters. The molecule has 0 fully saturated rings. The molecule has 78 valence electrons. The van der Waals surface area contributed by atoms with Crippen molar-refractivity contribution >= 4 is 5.91 Å². The van der Waals surface area contributed by atoms with E-state index in [-0.39, 0.29) is 25.0 Å². The second kappa shape index (κ2) is 6.82. The van der Waals surface area contributed by atoms with Gasteiger partial charge < -0.3 is 15.9 Å². The van der Waals surface area contributed by atoms with Crippen LogP contribution >= 0.6 is 0 Å². The Morgan fingerprint density at radius 3 is 2.15 bits per heavy atom. The highest BCUT2D eigenvalue weighted by molar-refractivity contribution is 5.76. The molecule has 0 bridgehead atoms. The van der Waals surface area contributed by atoms with Crippen molar-refractivity contribution in [3.63, 3.8) is 0 Å². The van der Waals surface area contributed by atoms with Gasteiger partial charge in [0.25, 0.3) is 0 Å². The topological polar surface area (TPSA) is 86.8 Å². The van der Waals surface area contributed by atoms with Crippen LogP contribution < -0.4 is 5.73 Å². The minimum atomic E-state index is -0.360. The fraction of sp³-hybridized carbons (Fsp3) is 0.875. The third kappa shape index (κ3) is 5.57. The molecular weight excluding hydrogens is 172 g/mol. The maximum absolute atomic E-state index is 10.7. The zero-order chi connectivity index (χ0) is 10.3. The number of aliphatic hydroxyl groups excluding tert-OH is 2. The van der Waals surface area contributed by atoms with Crippen molar-refractivity contribution in [3.8, 4) is 0 Å². The van der Waals surface area contributed by atoms with Crippen LogP contribution in [0.15, 0.2) is 0 Å². The summed E-state index contributed by atoms with van der Waals surface area (Å²) in [5, 5.41) is 17.4. The summed E-state index contributed by atoms with van der Waals surface area (Å²) in [4.78, 5) is 12.5. The van der Waals surface area contributed by atoms with E-state index in [1.54, 1.807) is 11.8 Å². The molecule has 4 N–H and O–H groups in total. The molecule has 0 aromatic heterocycles. The molecule has 0 aliphatic heterocycles. The number of rotatable bonds is 7. The zero-order valence-electron chi connectivity index (χ0n) is 7.94. The number of hydrogen-bond acceptors (Lipinski definition) is 4. The number of carbonyl (C=O) groups excluding carboxylic acids is 1. The Balaban J connectivity index is 3.85. The van der Waals surface area contributed by atoms with E-state index in [2.05, 4.69) is 0 Å². The number of primary amides is 1. The Hall–Kier alpha value is -0.650. The third-order valence-corrected chi connectivity index (χ3v) is 1.85. The van der Waals surface area contributed by atoms with E-state index in [0.29, 0.717) is 19.6 Å². The number of carbonyl (C=O) groups is 1. The summed E-state index contributed by atoms with van der Waals surface area (Å²) in [6.07, 6.45) is 0. The molecule has 13 heavy (non-hydrogen) atoms. The van der Waals surface area contributed by atoms with Crippen LogP contribution in [0.5, 0.6) is 0 Å². The lowest BCUT2D eigenvalue weighted by Crippen LogP contribution is -2.37. The molecule has 1 amide bonds. The van der Waals surface area contributed by atoms with Crippen molar-refractivity contribution < 1.29 is 15.0 Å². The number of hydrogen-bond donors (Lipinski definition) is 3. The van der Waals surface area contributed by atoms with Gasteiger partial charge in [0, 0.05) is 25.6 Å². The van der Waals surface area contributed by atoms with E-state index < -0.39 is 0 Å². The first kappa shape index (κ1) is 12.3. The second-order valence-corrected chi connectivity index (χ2v) is 3.05. The van der Waals surface area contributed by atoms with Gasteiger partial charge in [-0.3, -0.25) is 9.69 Å². The van der Waals surface area contributed by atoms with E-state index in [1.165, 1.54) is 0 Å². The Bertz CT molecular complexity index is 146. The van der Waals surface area contributed by atoms with E-state index in [4.69, 9.17) is 15.9 Å². The SMILES string of the molecule is CC(CN(CCO)CCO)C(N)=O. The fourth-order valence-electron chi connectivity index (χ4n) is 1.05. The average Bonchev–Trinajstić information content (AvgIpc) is 2.05. The first-order valence-electron chi connectivity index (χ1n) is 4.35. The minimum Gasteiger partial charge on any atom is -0.395 e. The van der Waals surface area contributed by atoms with Gasteiger partial charge in [-0.1, -0.05) is 6.92 Å². The van der Waals surface area contributed by atoms with Gasteiger partial charge in [0.05, 0.1) is 13.2 Å². The predicted molar refractivity (Wildman–Crippen MR) is 49.0 cm³/mol. The summed E-state index contributed by atoms with van der Waals surface area (Å²) in [5.41, 5.74) is 5.09. The number of aliphatic hydroxyl groups is 2. The number of nitrogens with two attached hydrogens (primary N) is 1. The summed E-state index contributed by atoms with van der Waals surface area (Å²) in [6.45, 7) is 3.16. The quantitative estimate of drug-likeness (QED) is 0.451. The lowest BCUT2D eigenvalue weighted by Gasteiger charge is -2.22. The summed E-state index contributed by atoms with van der Waals surface area (Å²) in [5.74, 6) is -0.612. The van der Waals surface area contributed by atoms with Gasteiger partial charge in [-0.25, -0.2) is 0 Å². The monoisotopic (exact) mass is 190 g/mol. The van der Waals surface area contributed by atoms with Crippen LogP contribution in [0.3, 0.4) is 0 Å². The van der Waals surface area contributed by atoms with Crippen molar-refractivity contribution in [1.29, 1.82) is 0 Å². The molecule has 0 saturated heterocycles. The van der Waals surface area contributed by atoms with E-state index in [1.807, 2.05) is 0 Å². The van der Waals surface area contributed by atoms with Gasteiger partial charge in [0.1, 0.15) is 0 Å². The molecule has 0 rings (SSSR count). The van der Waals surface area contributed by atoms with Crippen molar-refractivity contribution in [2.45, 2.75) is 6.92 Å². The van der Waals surface area contributed by atoms with Crippen molar-refractivity contribution in [2.75, 3.05) is 32.8 Å². The molecule has 0 heterocycles. The van der Waals surface area contributed by atoms with Crippen LogP contribution in [0.2, 0.25) is 0 Å². The second-order valence-electron chi connectivity index (χ2n) is 3.05. The van der Waals surface area contributed by atoms with Gasteiger partial charge in [0.15, 0.2) is 0 Å². The smallest absolute Gasteiger partial charge is 0.221 e. The zero-order valence-corrected chi connectivity index (χ0v) is 7.94. The molecule has 0 aromatic rings. The lowest BCUT2D eigenvalue weighted by molar-refractivity contribution is -0.121. The third-order valence-electron chi connectivity index (χ3n) is 1.85. The highest BCUT2D eigenvalue weighted by Crippen LogP contribution is 1.98. The first-order valence-corrected chi connectivity index (χ1v) is 4.35. The van der Waals surface area contributed by atoms with Gasteiger partial charge >= 0.3 is 0 Å². The number of amides is 1. The van der Waals surface area contributed by atoms with Gasteiger partial charge in [-0.05, 0) is 0 Å². The van der Waals surface area contributed by atoms with E-state index >= 15 is 0 Å². The maximum Gasteiger partial charge on any atom is 0.221 e. The molecule has 0 aliphatic rings. The molecule has 1 atom stereocenters. The minimum absolute atomic E-state index is 0.0193. The van der Waals surface area contributed by atoms with Crippen molar-refractivity contribution in [2.24, 2.45) is 11.7 Å². The van der Waals surface area contributed by atoms with Gasteiger partial charge in [0.2, 0.25) is 5.91 Å². The maximum atomic E-state index is 10.7. The first-order chi connectivity index (χ1) is 6.11. The number of nitrogens with zero attached hydrogens (tertiary/aromatic N) is 1. The van der Waals surface area contributed by atoms with Crippen LogP contribution in [-0.4, -0.2) is 53.9 Å². The van der Waals surface area contributed by atoms with Crippen molar-refractivity contribution in [3.05, 3.63) is 0 Å². The summed E-state index contributed by atoms with van der Waals surface area (Å²) in [7, 11) is 0. The van der Waals surface area contributed by atoms with Crippen LogP contribution in [-0.2, 0) is 4.79 Å². The molecular formula is C8H18N2O3. The Labute approximate surface area is 78.1 Å². The van der Waals surface area contributed by atoms with Crippen LogP contribution in [0, 0.1) is 5.92 Å². The highest BCUT2D eigenvalue weighted by atomic mass is 16.3. The Kier molecular flexibility index (Phi) is 6.48. The summed E-state index contributed by atoms with van der Waals surface area (Å²) < 4.78 is 0. The summed E-state index contributed by atoms with van der Waals surface area (Å²) in [6, 6.07) is 0. The largest absolute Gasteiger partial charge is 0.395 e. The van der Waals surface area contributed by atoms with Gasteiger partial charge in [-0.15, -0.1) is 0 Å². The van der Waals surface area contributed by atoms with Crippen LogP contribution in [0.25, 0.3) is 0 Å².